The average molecular weight is 871 g/mol. The molecular weight excluding hydrogens is 804 g/mol. The van der Waals surface area contributed by atoms with E-state index in [0.29, 0.717) is 0 Å². The number of aryl methyl sites for hydroxylation is 3. The van der Waals surface area contributed by atoms with Crippen LogP contribution in [0, 0.1) is 20.8 Å². The van der Waals surface area contributed by atoms with Crippen LogP contribution in [0.3, 0.4) is 0 Å². The summed E-state index contributed by atoms with van der Waals surface area (Å²) in [6.45, 7) is 33.6. The van der Waals surface area contributed by atoms with E-state index < -0.39 is 0 Å². The third kappa shape index (κ3) is 6.39. The first-order chi connectivity index (χ1) is 30.6. The standard InChI is InChI=1S/C61H67BN2S/c1-36-30-50-54-51(31-36)64(42-21-23-45-47(35-42)61(13,14)29-27-59(45,9)10)55-43-33-40(57(4,5)6)19-25-52(43)65-56(55)62(54)48-24-18-39(53-37(2)16-15-17-38(53)3)32-49(48)63(50)41-20-22-44-46(34-41)60(11,12)28-26-58(44,7)8/h15-25,30-35H,26-29H2,1-14H3. The molecule has 0 saturated heterocycles. The minimum atomic E-state index is 0.0201. The second kappa shape index (κ2) is 14.0. The van der Waals surface area contributed by atoms with E-state index in [9.17, 15) is 0 Å². The number of anilines is 6. The number of thiophene rings is 1. The van der Waals surface area contributed by atoms with Gasteiger partial charge in [0, 0.05) is 43.3 Å². The predicted molar refractivity (Wildman–Crippen MR) is 285 cm³/mol. The van der Waals surface area contributed by atoms with E-state index >= 15 is 0 Å². The fourth-order valence-corrected chi connectivity index (χ4v) is 13.8. The Morgan fingerprint density at radius 1 is 0.538 bits per heavy atom. The van der Waals surface area contributed by atoms with Crippen LogP contribution < -0.4 is 25.5 Å². The summed E-state index contributed by atoms with van der Waals surface area (Å²) in [6, 6.07) is 41.6. The molecule has 0 fully saturated rings. The normalized spacial score (nSPS) is 18.5. The highest BCUT2D eigenvalue weighted by Gasteiger charge is 2.47. The molecule has 4 heteroatoms. The molecule has 2 aliphatic heterocycles. The number of benzene rings is 6. The highest BCUT2D eigenvalue weighted by molar-refractivity contribution is 7.33. The van der Waals surface area contributed by atoms with E-state index in [2.05, 4.69) is 210 Å². The van der Waals surface area contributed by atoms with Crippen molar-refractivity contribution < 1.29 is 0 Å². The van der Waals surface area contributed by atoms with Crippen molar-refractivity contribution in [3.8, 4) is 11.1 Å². The Kier molecular flexibility index (Phi) is 9.16. The van der Waals surface area contributed by atoms with E-state index in [0.717, 1.165) is 0 Å². The summed E-state index contributed by atoms with van der Waals surface area (Å²) in [5.74, 6) is 0. The second-order valence-corrected chi connectivity index (χ2v) is 25.2. The maximum Gasteiger partial charge on any atom is 0.264 e. The Morgan fingerprint density at radius 2 is 1.08 bits per heavy atom. The van der Waals surface area contributed by atoms with Crippen LogP contribution in [0.25, 0.3) is 21.2 Å². The van der Waals surface area contributed by atoms with Gasteiger partial charge in [-0.1, -0.05) is 125 Å². The van der Waals surface area contributed by atoms with Gasteiger partial charge in [0.25, 0.3) is 6.71 Å². The van der Waals surface area contributed by atoms with Crippen molar-refractivity contribution in [2.75, 3.05) is 9.80 Å². The van der Waals surface area contributed by atoms with E-state index in [1.54, 1.807) is 0 Å². The van der Waals surface area contributed by atoms with Gasteiger partial charge in [-0.15, -0.1) is 11.3 Å². The molecule has 0 atom stereocenters. The predicted octanol–water partition coefficient (Wildman–Crippen LogP) is 15.6. The first kappa shape index (κ1) is 42.6. The van der Waals surface area contributed by atoms with E-state index in [1.807, 2.05) is 11.3 Å². The Labute approximate surface area is 394 Å². The second-order valence-electron chi connectivity index (χ2n) is 24.1. The lowest BCUT2D eigenvalue weighted by Crippen LogP contribution is -2.60. The Balaban J connectivity index is 1.24. The van der Waals surface area contributed by atoms with Gasteiger partial charge < -0.3 is 9.80 Å². The SMILES string of the molecule is Cc1cc2c3c(c1)N(c1ccc4c(c1)C(C)(C)CCC4(C)C)c1c(sc4ccc(C(C)(C)C)cc14)B3c1ccc(-c3c(C)cccc3C)cc1N2c1ccc2c(c1)C(C)(C)CCC2(C)C. The van der Waals surface area contributed by atoms with Crippen molar-refractivity contribution in [1.82, 2.24) is 0 Å². The van der Waals surface area contributed by atoms with Crippen LogP contribution in [-0.4, -0.2) is 6.71 Å². The highest BCUT2D eigenvalue weighted by Crippen LogP contribution is 2.54. The summed E-state index contributed by atoms with van der Waals surface area (Å²) in [5.41, 5.74) is 24.9. The van der Waals surface area contributed by atoms with Gasteiger partial charge in [0.05, 0.1) is 5.69 Å². The van der Waals surface area contributed by atoms with Gasteiger partial charge in [-0.3, -0.25) is 0 Å². The maximum atomic E-state index is 2.70. The van der Waals surface area contributed by atoms with Crippen LogP contribution in [0.2, 0.25) is 0 Å². The van der Waals surface area contributed by atoms with E-state index in [1.165, 1.54) is 141 Å². The van der Waals surface area contributed by atoms with Crippen molar-refractivity contribution in [1.29, 1.82) is 0 Å². The van der Waals surface area contributed by atoms with Crippen molar-refractivity contribution in [2.45, 2.75) is 150 Å². The molecule has 65 heavy (non-hydrogen) atoms. The lowest BCUT2D eigenvalue weighted by molar-refractivity contribution is 0.332. The molecule has 0 N–H and O–H groups in total. The van der Waals surface area contributed by atoms with Crippen LogP contribution in [-0.2, 0) is 27.1 Å². The van der Waals surface area contributed by atoms with Crippen LogP contribution in [0.1, 0.15) is 146 Å². The summed E-state index contributed by atoms with van der Waals surface area (Å²) < 4.78 is 2.80. The molecule has 0 unspecified atom stereocenters. The lowest BCUT2D eigenvalue weighted by atomic mass is 9.36. The molecule has 7 aromatic rings. The molecule has 1 aromatic heterocycles. The average Bonchev–Trinajstić information content (AvgIpc) is 3.62. The molecule has 2 aliphatic carbocycles. The third-order valence-corrected chi connectivity index (χ3v) is 17.9. The molecule has 0 spiro atoms. The van der Waals surface area contributed by atoms with Gasteiger partial charge >= 0.3 is 0 Å². The monoisotopic (exact) mass is 871 g/mol. The summed E-state index contributed by atoms with van der Waals surface area (Å²) in [5, 5.41) is 1.36. The fourth-order valence-electron chi connectivity index (χ4n) is 12.5. The van der Waals surface area contributed by atoms with Crippen molar-refractivity contribution in [3.63, 3.8) is 0 Å². The summed E-state index contributed by atoms with van der Waals surface area (Å²) in [6.07, 6.45) is 4.77. The van der Waals surface area contributed by atoms with Crippen molar-refractivity contribution >= 4 is 78.0 Å². The van der Waals surface area contributed by atoms with E-state index in [4.69, 9.17) is 0 Å². The fraction of sp³-hybridized carbons (Fsp3) is 0.377. The molecular formula is C61H67BN2S. The number of hydrogen-bond donors (Lipinski definition) is 0. The first-order valence-corrected chi connectivity index (χ1v) is 25.2. The number of nitrogens with zero attached hydrogens (tertiary/aromatic N) is 2. The molecule has 2 nitrogen and oxygen atoms in total. The largest absolute Gasteiger partial charge is 0.311 e. The molecule has 330 valence electrons. The van der Waals surface area contributed by atoms with Crippen molar-refractivity contribution in [3.05, 3.63) is 148 Å². The Morgan fingerprint density at radius 3 is 1.65 bits per heavy atom. The number of rotatable bonds is 3. The summed E-state index contributed by atoms with van der Waals surface area (Å²) >= 11 is 2.01. The van der Waals surface area contributed by atoms with Crippen molar-refractivity contribution in [2.24, 2.45) is 0 Å². The van der Waals surface area contributed by atoms with Crippen LogP contribution in [0.5, 0.6) is 0 Å². The molecule has 0 amide bonds. The van der Waals surface area contributed by atoms with Gasteiger partial charge in [-0.25, -0.2) is 0 Å². The summed E-state index contributed by atoms with van der Waals surface area (Å²) in [4.78, 5) is 5.37. The van der Waals surface area contributed by atoms with Crippen LogP contribution >= 0.6 is 11.3 Å². The maximum absolute atomic E-state index is 2.70. The first-order valence-electron chi connectivity index (χ1n) is 24.4. The Bertz CT molecular complexity index is 3130. The van der Waals surface area contributed by atoms with E-state index in [-0.39, 0.29) is 33.8 Å². The molecule has 3 heterocycles. The molecule has 0 bridgehead atoms. The zero-order valence-corrected chi connectivity index (χ0v) is 42.3. The van der Waals surface area contributed by atoms with Crippen LogP contribution in [0.4, 0.5) is 34.1 Å². The zero-order valence-electron chi connectivity index (χ0n) is 41.5. The minimum absolute atomic E-state index is 0.0201. The lowest BCUT2D eigenvalue weighted by Gasteiger charge is -2.46. The quantitative estimate of drug-likeness (QED) is 0.163. The van der Waals surface area contributed by atoms with Crippen LogP contribution in [0.15, 0.2) is 103 Å². The molecule has 4 aliphatic rings. The highest BCUT2D eigenvalue weighted by atomic mass is 32.1. The smallest absolute Gasteiger partial charge is 0.264 e. The van der Waals surface area contributed by atoms with Gasteiger partial charge in [0.1, 0.15) is 0 Å². The molecule has 0 saturated carbocycles. The molecule has 0 radical (unpaired) electrons. The van der Waals surface area contributed by atoms with Gasteiger partial charge in [0.15, 0.2) is 0 Å². The Hall–Kier alpha value is -5.06. The number of fused-ring (bicyclic) bond motifs is 8. The number of hydrogen-bond acceptors (Lipinski definition) is 3. The van der Waals surface area contributed by atoms with Gasteiger partial charge in [-0.05, 0) is 195 Å². The van der Waals surface area contributed by atoms with Gasteiger partial charge in [-0.2, -0.15) is 0 Å². The third-order valence-electron chi connectivity index (χ3n) is 16.6. The molecule has 11 rings (SSSR count). The minimum Gasteiger partial charge on any atom is -0.311 e. The topological polar surface area (TPSA) is 6.48 Å². The van der Waals surface area contributed by atoms with Gasteiger partial charge in [0.2, 0.25) is 0 Å². The molecule has 6 aromatic carbocycles. The zero-order chi connectivity index (χ0) is 45.9. The summed E-state index contributed by atoms with van der Waals surface area (Å²) in [7, 11) is 0.